The van der Waals surface area contributed by atoms with Gasteiger partial charge < -0.3 is 0 Å². The van der Waals surface area contributed by atoms with Crippen LogP contribution in [0.15, 0.2) is 58.1 Å². The molecular formula is C16H17N3O3S. The molecule has 0 aliphatic rings. The molecule has 0 fully saturated rings. The molecule has 1 heterocycles. The number of rotatable bonds is 7. The van der Waals surface area contributed by atoms with Crippen LogP contribution in [0.25, 0.3) is 11.0 Å². The molecule has 7 heteroatoms. The first-order valence-electron chi connectivity index (χ1n) is 7.42. The van der Waals surface area contributed by atoms with Gasteiger partial charge in [-0.05, 0) is 47.3 Å². The Morgan fingerprint density at radius 1 is 0.957 bits per heavy atom. The summed E-state index contributed by atoms with van der Waals surface area (Å²) in [5.74, 6) is 0. The third-order valence-corrected chi connectivity index (χ3v) is 5.06. The summed E-state index contributed by atoms with van der Waals surface area (Å²) in [6.07, 6.45) is 2.62. The van der Waals surface area contributed by atoms with Crippen LogP contribution in [0.4, 0.5) is 0 Å². The molecule has 0 bridgehead atoms. The molecule has 0 radical (unpaired) electrons. The van der Waals surface area contributed by atoms with Crippen LogP contribution in [0, 0.1) is 0 Å². The second-order valence-electron chi connectivity index (χ2n) is 5.23. The van der Waals surface area contributed by atoms with Gasteiger partial charge in [-0.15, -0.1) is 0 Å². The molecule has 0 saturated carbocycles. The summed E-state index contributed by atoms with van der Waals surface area (Å²) in [7, 11) is -3.61. The van der Waals surface area contributed by atoms with Crippen LogP contribution in [0.1, 0.15) is 18.4 Å². The summed E-state index contributed by atoms with van der Waals surface area (Å²) < 4.78 is 31.9. The van der Waals surface area contributed by atoms with Crippen LogP contribution >= 0.6 is 0 Å². The Morgan fingerprint density at radius 2 is 1.78 bits per heavy atom. The van der Waals surface area contributed by atoms with Crippen molar-refractivity contribution in [3.63, 3.8) is 0 Å². The van der Waals surface area contributed by atoms with Gasteiger partial charge in [-0.2, -0.15) is 0 Å². The third kappa shape index (κ3) is 3.75. The van der Waals surface area contributed by atoms with Gasteiger partial charge in [-0.3, -0.25) is 0 Å². The first-order valence-corrected chi connectivity index (χ1v) is 8.90. The molecule has 0 atom stereocenters. The van der Waals surface area contributed by atoms with Gasteiger partial charge in [0.15, 0.2) is 5.52 Å². The standard InChI is InChI=1S/C16H17N3O3S/c20-23(21,15-11-6-10-14-16(15)19-22-18-14)17-12-5-4-9-13-7-2-1-3-8-13/h1-3,6-8,10-11,17H,4-5,9,12H2. The molecular weight excluding hydrogens is 314 g/mol. The summed E-state index contributed by atoms with van der Waals surface area (Å²) in [4.78, 5) is 0.0966. The number of fused-ring (bicyclic) bond motifs is 1. The Kier molecular flexibility index (Phi) is 4.68. The summed E-state index contributed by atoms with van der Waals surface area (Å²) in [6.45, 7) is 0.386. The second kappa shape index (κ2) is 6.89. The lowest BCUT2D eigenvalue weighted by Gasteiger charge is -2.07. The lowest BCUT2D eigenvalue weighted by Crippen LogP contribution is -2.25. The number of unbranched alkanes of at least 4 members (excludes halogenated alkanes) is 1. The van der Waals surface area contributed by atoms with Gasteiger partial charge in [-0.1, -0.05) is 36.4 Å². The number of hydrogen-bond acceptors (Lipinski definition) is 5. The molecule has 0 aliphatic carbocycles. The molecule has 0 spiro atoms. The highest BCUT2D eigenvalue weighted by atomic mass is 32.2. The zero-order valence-electron chi connectivity index (χ0n) is 12.5. The van der Waals surface area contributed by atoms with E-state index in [1.807, 2.05) is 18.2 Å². The van der Waals surface area contributed by atoms with Gasteiger partial charge in [0.25, 0.3) is 0 Å². The number of sulfonamides is 1. The molecule has 0 amide bonds. The number of aromatic nitrogens is 2. The van der Waals surface area contributed by atoms with Crippen molar-refractivity contribution in [2.24, 2.45) is 0 Å². The quantitative estimate of drug-likeness (QED) is 0.672. The van der Waals surface area contributed by atoms with E-state index in [0.29, 0.717) is 12.1 Å². The summed E-state index contributed by atoms with van der Waals surface area (Å²) >= 11 is 0. The second-order valence-corrected chi connectivity index (χ2v) is 6.96. The Bertz CT molecular complexity index is 876. The first kappa shape index (κ1) is 15.6. The van der Waals surface area contributed by atoms with E-state index < -0.39 is 10.0 Å². The Morgan fingerprint density at radius 3 is 2.61 bits per heavy atom. The molecule has 1 N–H and O–H groups in total. The minimum absolute atomic E-state index is 0.0966. The van der Waals surface area contributed by atoms with Gasteiger partial charge in [-0.25, -0.2) is 17.8 Å². The number of nitrogens with zero attached hydrogens (tertiary/aromatic N) is 2. The third-order valence-electron chi connectivity index (χ3n) is 3.57. The Hall–Kier alpha value is -2.25. The predicted molar refractivity (Wildman–Crippen MR) is 86.4 cm³/mol. The molecule has 0 unspecified atom stereocenters. The van der Waals surface area contributed by atoms with E-state index >= 15 is 0 Å². The average molecular weight is 331 g/mol. The summed E-state index contributed by atoms with van der Waals surface area (Å²) in [5, 5.41) is 7.32. The molecule has 2 aromatic carbocycles. The maximum atomic E-state index is 12.4. The number of benzene rings is 2. The molecule has 3 rings (SSSR count). The largest absolute Gasteiger partial charge is 0.243 e. The Labute approximate surface area is 134 Å². The van der Waals surface area contributed by atoms with Crippen molar-refractivity contribution in [2.75, 3.05) is 6.54 Å². The monoisotopic (exact) mass is 331 g/mol. The smallest absolute Gasteiger partial charge is 0.242 e. The minimum atomic E-state index is -3.61. The minimum Gasteiger partial charge on any atom is -0.243 e. The molecule has 120 valence electrons. The van der Waals surface area contributed by atoms with E-state index in [0.717, 1.165) is 19.3 Å². The van der Waals surface area contributed by atoms with Crippen LogP contribution in [0.3, 0.4) is 0 Å². The fourth-order valence-electron chi connectivity index (χ4n) is 2.38. The predicted octanol–water partition coefficient (Wildman–Crippen LogP) is 2.52. The van der Waals surface area contributed by atoms with Crippen molar-refractivity contribution in [3.8, 4) is 0 Å². The number of aryl methyl sites for hydroxylation is 1. The summed E-state index contributed by atoms with van der Waals surface area (Å²) in [5.41, 5.74) is 1.94. The van der Waals surface area contributed by atoms with Crippen molar-refractivity contribution in [1.82, 2.24) is 15.0 Å². The highest BCUT2D eigenvalue weighted by Crippen LogP contribution is 2.19. The van der Waals surface area contributed by atoms with E-state index in [2.05, 4.69) is 31.8 Å². The number of hydrogen-bond donors (Lipinski definition) is 1. The van der Waals surface area contributed by atoms with Gasteiger partial charge in [0.2, 0.25) is 10.0 Å². The van der Waals surface area contributed by atoms with Gasteiger partial charge in [0, 0.05) is 6.54 Å². The maximum absolute atomic E-state index is 12.4. The lowest BCUT2D eigenvalue weighted by atomic mass is 10.1. The molecule has 0 aliphatic heterocycles. The molecule has 1 aromatic heterocycles. The van der Waals surface area contributed by atoms with E-state index in [9.17, 15) is 8.42 Å². The molecule has 0 saturated heterocycles. The normalized spacial score (nSPS) is 11.8. The van der Waals surface area contributed by atoms with Gasteiger partial charge >= 0.3 is 0 Å². The van der Waals surface area contributed by atoms with E-state index in [1.54, 1.807) is 12.1 Å². The van der Waals surface area contributed by atoms with E-state index in [1.165, 1.54) is 11.6 Å². The fourth-order valence-corrected chi connectivity index (χ4v) is 3.60. The topological polar surface area (TPSA) is 85.1 Å². The molecule has 23 heavy (non-hydrogen) atoms. The first-order chi connectivity index (χ1) is 11.2. The number of nitrogens with one attached hydrogen (secondary N) is 1. The van der Waals surface area contributed by atoms with Gasteiger partial charge in [0.05, 0.1) is 0 Å². The van der Waals surface area contributed by atoms with Crippen LogP contribution < -0.4 is 4.72 Å². The van der Waals surface area contributed by atoms with Crippen LogP contribution in [-0.4, -0.2) is 25.3 Å². The highest BCUT2D eigenvalue weighted by Gasteiger charge is 2.19. The highest BCUT2D eigenvalue weighted by molar-refractivity contribution is 7.89. The van der Waals surface area contributed by atoms with E-state index in [-0.39, 0.29) is 10.4 Å². The van der Waals surface area contributed by atoms with Crippen LogP contribution in [0.5, 0.6) is 0 Å². The molecule has 3 aromatic rings. The van der Waals surface area contributed by atoms with Crippen molar-refractivity contribution in [1.29, 1.82) is 0 Å². The van der Waals surface area contributed by atoms with Crippen molar-refractivity contribution < 1.29 is 13.0 Å². The van der Waals surface area contributed by atoms with Crippen molar-refractivity contribution in [3.05, 3.63) is 54.1 Å². The average Bonchev–Trinajstić information content (AvgIpc) is 3.04. The van der Waals surface area contributed by atoms with Gasteiger partial charge in [0.1, 0.15) is 10.4 Å². The maximum Gasteiger partial charge on any atom is 0.242 e. The van der Waals surface area contributed by atoms with Crippen molar-refractivity contribution in [2.45, 2.75) is 24.2 Å². The van der Waals surface area contributed by atoms with Crippen molar-refractivity contribution >= 4 is 21.1 Å². The van der Waals surface area contributed by atoms with Crippen LogP contribution in [0.2, 0.25) is 0 Å². The SMILES string of the molecule is O=S(=O)(NCCCCc1ccccc1)c1cccc2nonc12. The summed E-state index contributed by atoms with van der Waals surface area (Å²) in [6, 6.07) is 14.9. The van der Waals surface area contributed by atoms with Crippen LogP contribution in [-0.2, 0) is 16.4 Å². The lowest BCUT2D eigenvalue weighted by molar-refractivity contribution is 0.315. The molecule has 6 nitrogen and oxygen atoms in total. The zero-order chi connectivity index (χ0) is 16.1. The zero-order valence-corrected chi connectivity index (χ0v) is 13.3. The fraction of sp³-hybridized carbons (Fsp3) is 0.250. The van der Waals surface area contributed by atoms with E-state index in [4.69, 9.17) is 0 Å². The Balaban J connectivity index is 1.56.